The normalized spacial score (nSPS) is 13.8. The summed E-state index contributed by atoms with van der Waals surface area (Å²) in [5.74, 6) is 0.0260. The molecule has 0 atom stereocenters. The SMILES string of the molecule is CCOc1ccc(NC(=O)CN2C(=O)S/C(=C/c3cc(Cl)c(OCc4ccc([N+](=O)[O-])cc4)c(OC)c3)C2=O)cc1. The molecule has 0 aliphatic carbocycles. The van der Waals surface area contributed by atoms with Crippen LogP contribution in [0.2, 0.25) is 5.02 Å². The van der Waals surface area contributed by atoms with Crippen molar-refractivity contribution >= 4 is 57.9 Å². The molecule has 3 aromatic rings. The number of nitro benzene ring substituents is 1. The van der Waals surface area contributed by atoms with Gasteiger partial charge in [-0.05, 0) is 84.4 Å². The van der Waals surface area contributed by atoms with E-state index in [0.29, 0.717) is 40.9 Å². The minimum absolute atomic E-state index is 0.0357. The Labute approximate surface area is 244 Å². The summed E-state index contributed by atoms with van der Waals surface area (Å²) >= 11 is 7.15. The van der Waals surface area contributed by atoms with Crippen LogP contribution in [0.5, 0.6) is 17.2 Å². The lowest BCUT2D eigenvalue weighted by molar-refractivity contribution is -0.384. The van der Waals surface area contributed by atoms with Gasteiger partial charge >= 0.3 is 0 Å². The van der Waals surface area contributed by atoms with Gasteiger partial charge in [0, 0.05) is 17.8 Å². The number of non-ortho nitro benzene ring substituents is 1. The summed E-state index contributed by atoms with van der Waals surface area (Å²) in [4.78, 5) is 49.3. The summed E-state index contributed by atoms with van der Waals surface area (Å²) in [5, 5.41) is 13.1. The average Bonchev–Trinajstić information content (AvgIpc) is 3.20. The maximum atomic E-state index is 12.9. The predicted octanol–water partition coefficient (Wildman–Crippen LogP) is 5.91. The van der Waals surface area contributed by atoms with E-state index in [1.165, 1.54) is 25.3 Å². The topological polar surface area (TPSA) is 137 Å². The zero-order chi connectivity index (χ0) is 29.5. The van der Waals surface area contributed by atoms with Crippen LogP contribution in [-0.2, 0) is 16.2 Å². The Balaban J connectivity index is 1.42. The fourth-order valence-corrected chi connectivity index (χ4v) is 4.88. The second-order valence-electron chi connectivity index (χ2n) is 8.52. The Hall–Kier alpha value is -4.55. The zero-order valence-electron chi connectivity index (χ0n) is 21.9. The van der Waals surface area contributed by atoms with Crippen LogP contribution in [0.4, 0.5) is 16.2 Å². The van der Waals surface area contributed by atoms with Gasteiger partial charge in [0.25, 0.3) is 16.8 Å². The van der Waals surface area contributed by atoms with Gasteiger partial charge in [-0.2, -0.15) is 0 Å². The molecule has 1 fully saturated rings. The molecule has 0 radical (unpaired) electrons. The summed E-state index contributed by atoms with van der Waals surface area (Å²) < 4.78 is 16.6. The van der Waals surface area contributed by atoms with E-state index >= 15 is 0 Å². The number of halogens is 1. The first-order valence-electron chi connectivity index (χ1n) is 12.2. The summed E-state index contributed by atoms with van der Waals surface area (Å²) in [6, 6.07) is 15.7. The Morgan fingerprint density at radius 2 is 1.80 bits per heavy atom. The number of hydrogen-bond acceptors (Lipinski definition) is 9. The van der Waals surface area contributed by atoms with Crippen LogP contribution in [0, 0.1) is 10.1 Å². The van der Waals surface area contributed by atoms with Gasteiger partial charge in [-0.3, -0.25) is 29.4 Å². The molecule has 3 aromatic carbocycles. The Bertz CT molecular complexity index is 1510. The lowest BCUT2D eigenvalue weighted by Crippen LogP contribution is -2.36. The highest BCUT2D eigenvalue weighted by Crippen LogP contribution is 2.39. The molecule has 0 saturated carbocycles. The van der Waals surface area contributed by atoms with Gasteiger partial charge in [0.05, 0.1) is 28.6 Å². The molecule has 13 heteroatoms. The van der Waals surface area contributed by atoms with Crippen molar-refractivity contribution in [2.75, 3.05) is 25.6 Å². The van der Waals surface area contributed by atoms with Gasteiger partial charge in [0.2, 0.25) is 5.91 Å². The van der Waals surface area contributed by atoms with E-state index in [2.05, 4.69) is 5.32 Å². The summed E-state index contributed by atoms with van der Waals surface area (Å²) in [5.41, 5.74) is 1.61. The molecule has 3 amide bonds. The molecular formula is C28H24ClN3O8S. The highest BCUT2D eigenvalue weighted by atomic mass is 35.5. The van der Waals surface area contributed by atoms with Crippen LogP contribution in [0.1, 0.15) is 18.1 Å². The van der Waals surface area contributed by atoms with Crippen molar-refractivity contribution in [1.29, 1.82) is 0 Å². The van der Waals surface area contributed by atoms with Crippen LogP contribution in [0.15, 0.2) is 65.6 Å². The van der Waals surface area contributed by atoms with Gasteiger partial charge in [0.1, 0.15) is 18.9 Å². The van der Waals surface area contributed by atoms with E-state index in [4.69, 9.17) is 25.8 Å². The number of anilines is 1. The van der Waals surface area contributed by atoms with Gasteiger partial charge in [-0.1, -0.05) is 11.6 Å². The Morgan fingerprint density at radius 1 is 1.10 bits per heavy atom. The number of rotatable bonds is 11. The number of carbonyl (C=O) groups excluding carboxylic acids is 3. The second kappa shape index (κ2) is 13.2. The number of imide groups is 1. The lowest BCUT2D eigenvalue weighted by Gasteiger charge is -2.14. The zero-order valence-corrected chi connectivity index (χ0v) is 23.5. The van der Waals surface area contributed by atoms with Crippen molar-refractivity contribution in [2.45, 2.75) is 13.5 Å². The first kappa shape index (κ1) is 29.4. The quantitative estimate of drug-likeness (QED) is 0.162. The van der Waals surface area contributed by atoms with Gasteiger partial charge in [-0.15, -0.1) is 0 Å². The van der Waals surface area contributed by atoms with E-state index in [1.54, 1.807) is 48.5 Å². The highest BCUT2D eigenvalue weighted by molar-refractivity contribution is 8.18. The van der Waals surface area contributed by atoms with Crippen molar-refractivity contribution in [3.8, 4) is 17.2 Å². The molecule has 0 unspecified atom stereocenters. The third kappa shape index (κ3) is 7.35. The molecule has 0 bridgehead atoms. The van der Waals surface area contributed by atoms with Gasteiger partial charge in [-0.25, -0.2) is 0 Å². The van der Waals surface area contributed by atoms with E-state index in [-0.39, 0.29) is 33.7 Å². The minimum atomic E-state index is -0.615. The number of thioether (sulfide) groups is 1. The van der Waals surface area contributed by atoms with Crippen LogP contribution in [0.3, 0.4) is 0 Å². The lowest BCUT2D eigenvalue weighted by atomic mass is 10.1. The molecular weight excluding hydrogens is 574 g/mol. The number of methoxy groups -OCH3 is 1. The maximum Gasteiger partial charge on any atom is 0.294 e. The van der Waals surface area contributed by atoms with Crippen LogP contribution in [-0.4, -0.2) is 47.1 Å². The second-order valence-corrected chi connectivity index (χ2v) is 9.92. The fourth-order valence-electron chi connectivity index (χ4n) is 3.77. The third-order valence-corrected chi connectivity index (χ3v) is 6.89. The third-order valence-electron chi connectivity index (χ3n) is 5.70. The number of nitrogens with zero attached hydrogens (tertiary/aromatic N) is 2. The summed E-state index contributed by atoms with van der Waals surface area (Å²) in [6.45, 7) is 2.00. The number of carbonyl (C=O) groups is 3. The van der Waals surface area contributed by atoms with Crippen LogP contribution < -0.4 is 19.5 Å². The number of amides is 3. The van der Waals surface area contributed by atoms with Gasteiger partial charge < -0.3 is 19.5 Å². The first-order chi connectivity index (χ1) is 19.7. The number of nitro groups is 1. The molecule has 1 heterocycles. The van der Waals surface area contributed by atoms with Crippen LogP contribution in [0.25, 0.3) is 6.08 Å². The molecule has 212 valence electrons. The van der Waals surface area contributed by atoms with Crippen molar-refractivity contribution in [3.05, 3.63) is 91.8 Å². The number of benzene rings is 3. The molecule has 1 aliphatic heterocycles. The Kier molecular flexibility index (Phi) is 9.48. The molecule has 4 rings (SSSR count). The predicted molar refractivity (Wildman–Crippen MR) is 154 cm³/mol. The molecule has 11 nitrogen and oxygen atoms in total. The number of hydrogen-bond donors (Lipinski definition) is 1. The number of ether oxygens (including phenoxy) is 3. The monoisotopic (exact) mass is 597 g/mol. The fraction of sp³-hybridized carbons (Fsp3) is 0.179. The maximum absolute atomic E-state index is 12.9. The Morgan fingerprint density at radius 3 is 2.44 bits per heavy atom. The van der Waals surface area contributed by atoms with Crippen molar-refractivity contribution in [2.24, 2.45) is 0 Å². The molecule has 41 heavy (non-hydrogen) atoms. The molecule has 1 N–H and O–H groups in total. The smallest absolute Gasteiger partial charge is 0.294 e. The molecule has 0 aromatic heterocycles. The van der Waals surface area contributed by atoms with Gasteiger partial charge in [0.15, 0.2) is 11.5 Å². The summed E-state index contributed by atoms with van der Waals surface area (Å²) in [6.07, 6.45) is 1.48. The standard InChI is InChI=1S/C28H24ClN3O8S/c1-3-39-21-10-6-19(7-11-21)30-25(33)15-31-27(34)24(41-28(31)35)14-18-12-22(29)26(23(13-18)38-2)40-16-17-4-8-20(9-5-17)32(36)37/h4-14H,3,15-16H2,1-2H3,(H,30,33)/b24-14+. The van der Waals surface area contributed by atoms with E-state index in [0.717, 1.165) is 4.90 Å². The first-order valence-corrected chi connectivity index (χ1v) is 13.4. The van der Waals surface area contributed by atoms with Crippen molar-refractivity contribution in [3.63, 3.8) is 0 Å². The summed E-state index contributed by atoms with van der Waals surface area (Å²) in [7, 11) is 1.42. The average molecular weight is 598 g/mol. The molecule has 0 spiro atoms. The molecule has 1 saturated heterocycles. The minimum Gasteiger partial charge on any atom is -0.494 e. The molecule has 1 aliphatic rings. The van der Waals surface area contributed by atoms with E-state index < -0.39 is 28.5 Å². The van der Waals surface area contributed by atoms with Crippen molar-refractivity contribution < 1.29 is 33.5 Å². The van der Waals surface area contributed by atoms with E-state index in [1.807, 2.05) is 6.92 Å². The van der Waals surface area contributed by atoms with Crippen LogP contribution >= 0.6 is 23.4 Å². The van der Waals surface area contributed by atoms with Crippen molar-refractivity contribution in [1.82, 2.24) is 4.90 Å². The highest BCUT2D eigenvalue weighted by Gasteiger charge is 2.36. The largest absolute Gasteiger partial charge is 0.494 e. The number of nitrogens with one attached hydrogen (secondary N) is 1. The van der Waals surface area contributed by atoms with E-state index in [9.17, 15) is 24.5 Å².